The van der Waals surface area contributed by atoms with E-state index in [1.54, 1.807) is 30.0 Å². The summed E-state index contributed by atoms with van der Waals surface area (Å²) >= 11 is 0. The van der Waals surface area contributed by atoms with Crippen LogP contribution in [0.3, 0.4) is 0 Å². The lowest BCUT2D eigenvalue weighted by Crippen LogP contribution is -2.41. The summed E-state index contributed by atoms with van der Waals surface area (Å²) in [5.41, 5.74) is 1.92. The fourth-order valence-electron chi connectivity index (χ4n) is 3.04. The van der Waals surface area contributed by atoms with Gasteiger partial charge >= 0.3 is 5.97 Å². The van der Waals surface area contributed by atoms with Gasteiger partial charge in [-0.05, 0) is 56.9 Å². The molecule has 0 atom stereocenters. The minimum absolute atomic E-state index is 0.0475. The highest BCUT2D eigenvalue weighted by molar-refractivity contribution is 7.89. The average Bonchev–Trinajstić information content (AvgIpc) is 2.64. The fraction of sp³-hybridized carbons (Fsp3) is 0.579. The number of rotatable bonds is 7. The smallest absolute Gasteiger partial charge is 0.309 e. The molecule has 1 N–H and O–H groups in total. The number of ether oxygens (including phenoxy) is 1. The zero-order valence-electron chi connectivity index (χ0n) is 16.2. The van der Waals surface area contributed by atoms with Gasteiger partial charge in [0.25, 0.3) is 0 Å². The van der Waals surface area contributed by atoms with Gasteiger partial charge in [0, 0.05) is 26.1 Å². The Morgan fingerprint density at radius 3 is 2.44 bits per heavy atom. The summed E-state index contributed by atoms with van der Waals surface area (Å²) in [6.07, 6.45) is 1.26. The molecule has 2 rings (SSSR count). The Bertz CT molecular complexity index is 783. The minimum Gasteiger partial charge on any atom is -0.466 e. The quantitative estimate of drug-likeness (QED) is 0.709. The molecule has 0 spiro atoms. The fourth-order valence-corrected chi connectivity index (χ4v) is 4.16. The molecule has 150 valence electrons. The molecule has 1 aliphatic heterocycles. The molecule has 1 aromatic rings. The van der Waals surface area contributed by atoms with Crippen LogP contribution < -0.4 is 4.72 Å². The van der Waals surface area contributed by atoms with Gasteiger partial charge in [0.15, 0.2) is 0 Å². The Kier molecular flexibility index (Phi) is 7.38. The van der Waals surface area contributed by atoms with Crippen LogP contribution in [0.5, 0.6) is 0 Å². The molecule has 0 unspecified atom stereocenters. The largest absolute Gasteiger partial charge is 0.466 e. The van der Waals surface area contributed by atoms with Crippen molar-refractivity contribution >= 4 is 21.9 Å². The number of benzene rings is 1. The number of hydrogen-bond donors (Lipinski definition) is 1. The molecule has 1 heterocycles. The van der Waals surface area contributed by atoms with E-state index in [-0.39, 0.29) is 35.7 Å². The van der Waals surface area contributed by atoms with E-state index in [4.69, 9.17) is 4.74 Å². The zero-order valence-corrected chi connectivity index (χ0v) is 17.0. The molecule has 0 bridgehead atoms. The van der Waals surface area contributed by atoms with E-state index in [2.05, 4.69) is 4.72 Å². The highest BCUT2D eigenvalue weighted by Crippen LogP contribution is 2.19. The van der Waals surface area contributed by atoms with E-state index in [0.29, 0.717) is 32.5 Å². The van der Waals surface area contributed by atoms with E-state index in [1.807, 2.05) is 13.8 Å². The van der Waals surface area contributed by atoms with Crippen molar-refractivity contribution in [2.24, 2.45) is 5.92 Å². The Balaban J connectivity index is 1.80. The lowest BCUT2D eigenvalue weighted by atomic mass is 9.97. The molecule has 0 radical (unpaired) electrons. The van der Waals surface area contributed by atoms with Crippen molar-refractivity contribution in [3.63, 3.8) is 0 Å². The van der Waals surface area contributed by atoms with Crippen LogP contribution in [0, 0.1) is 19.8 Å². The van der Waals surface area contributed by atoms with Crippen LogP contribution in [0.1, 0.15) is 37.3 Å². The van der Waals surface area contributed by atoms with Crippen LogP contribution in [-0.2, 0) is 24.3 Å². The Morgan fingerprint density at radius 2 is 1.85 bits per heavy atom. The van der Waals surface area contributed by atoms with Gasteiger partial charge in [0.05, 0.1) is 17.4 Å². The predicted octanol–water partition coefficient (Wildman–Crippen LogP) is 1.77. The van der Waals surface area contributed by atoms with Crippen molar-refractivity contribution in [2.75, 3.05) is 26.2 Å². The van der Waals surface area contributed by atoms with E-state index in [0.717, 1.165) is 11.1 Å². The minimum atomic E-state index is -3.63. The summed E-state index contributed by atoms with van der Waals surface area (Å²) in [7, 11) is -3.63. The molecule has 1 aliphatic rings. The van der Waals surface area contributed by atoms with E-state index in [1.165, 1.54) is 0 Å². The van der Waals surface area contributed by atoms with Crippen molar-refractivity contribution in [2.45, 2.75) is 44.9 Å². The van der Waals surface area contributed by atoms with E-state index >= 15 is 0 Å². The molecule has 1 aromatic carbocycles. The van der Waals surface area contributed by atoms with Crippen molar-refractivity contribution in [3.05, 3.63) is 29.3 Å². The summed E-state index contributed by atoms with van der Waals surface area (Å²) in [4.78, 5) is 25.9. The highest BCUT2D eigenvalue weighted by Gasteiger charge is 2.28. The van der Waals surface area contributed by atoms with Crippen molar-refractivity contribution in [3.8, 4) is 0 Å². The number of likely N-dealkylation sites (tertiary alicyclic amines) is 1. The van der Waals surface area contributed by atoms with Crippen LogP contribution in [0.25, 0.3) is 0 Å². The molecular weight excluding hydrogens is 368 g/mol. The number of amides is 1. The predicted molar refractivity (Wildman–Crippen MR) is 102 cm³/mol. The SMILES string of the molecule is CCOC(=O)C1CCN(C(=O)CCNS(=O)(=O)c2ccc(C)c(C)c2)CC1. The van der Waals surface area contributed by atoms with Gasteiger partial charge in [-0.25, -0.2) is 13.1 Å². The third kappa shape index (κ3) is 5.77. The third-order valence-corrected chi connectivity index (χ3v) is 6.35. The second kappa shape index (κ2) is 9.32. The molecule has 1 fully saturated rings. The third-order valence-electron chi connectivity index (χ3n) is 4.89. The summed E-state index contributed by atoms with van der Waals surface area (Å²) < 4.78 is 32.2. The lowest BCUT2D eigenvalue weighted by molar-refractivity contribution is -0.151. The van der Waals surface area contributed by atoms with E-state index in [9.17, 15) is 18.0 Å². The van der Waals surface area contributed by atoms with Crippen LogP contribution in [0.15, 0.2) is 23.1 Å². The normalized spacial score (nSPS) is 15.6. The van der Waals surface area contributed by atoms with Gasteiger partial charge in [-0.15, -0.1) is 0 Å². The van der Waals surface area contributed by atoms with E-state index < -0.39 is 10.0 Å². The summed E-state index contributed by atoms with van der Waals surface area (Å²) in [5.74, 6) is -0.469. The number of carbonyl (C=O) groups excluding carboxylic acids is 2. The summed E-state index contributed by atoms with van der Waals surface area (Å²) in [6, 6.07) is 4.95. The Morgan fingerprint density at radius 1 is 1.19 bits per heavy atom. The second-order valence-electron chi connectivity index (χ2n) is 6.80. The number of aryl methyl sites for hydroxylation is 2. The van der Waals surface area contributed by atoms with Gasteiger partial charge in [-0.3, -0.25) is 9.59 Å². The van der Waals surface area contributed by atoms with Crippen LogP contribution in [0.4, 0.5) is 0 Å². The number of piperidine rings is 1. The molecule has 8 heteroatoms. The molecule has 0 aromatic heterocycles. The molecule has 1 amide bonds. The Hall–Kier alpha value is -1.93. The number of nitrogens with zero attached hydrogens (tertiary/aromatic N) is 1. The summed E-state index contributed by atoms with van der Waals surface area (Å²) in [6.45, 7) is 6.94. The number of hydrogen-bond acceptors (Lipinski definition) is 5. The molecular formula is C19H28N2O5S. The first-order chi connectivity index (χ1) is 12.7. The standard InChI is InChI=1S/C19H28N2O5S/c1-4-26-19(23)16-8-11-21(12-9-16)18(22)7-10-20-27(24,25)17-6-5-14(2)15(3)13-17/h5-6,13,16,20H,4,7-12H2,1-3H3. The van der Waals surface area contributed by atoms with Gasteiger partial charge < -0.3 is 9.64 Å². The maximum Gasteiger partial charge on any atom is 0.309 e. The van der Waals surface area contributed by atoms with Crippen molar-refractivity contribution < 1.29 is 22.7 Å². The molecule has 0 saturated carbocycles. The lowest BCUT2D eigenvalue weighted by Gasteiger charge is -2.31. The van der Waals surface area contributed by atoms with Crippen molar-refractivity contribution in [1.82, 2.24) is 9.62 Å². The summed E-state index contributed by atoms with van der Waals surface area (Å²) in [5, 5.41) is 0. The molecule has 1 saturated heterocycles. The van der Waals surface area contributed by atoms with Gasteiger partial charge in [0.2, 0.25) is 15.9 Å². The maximum absolute atomic E-state index is 12.3. The van der Waals surface area contributed by atoms with Crippen LogP contribution in [0.2, 0.25) is 0 Å². The molecule has 7 nitrogen and oxygen atoms in total. The maximum atomic E-state index is 12.3. The van der Waals surface area contributed by atoms with Gasteiger partial charge in [-0.2, -0.15) is 0 Å². The Labute approximate surface area is 161 Å². The topological polar surface area (TPSA) is 92.8 Å². The average molecular weight is 397 g/mol. The number of nitrogens with one attached hydrogen (secondary N) is 1. The number of sulfonamides is 1. The zero-order chi connectivity index (χ0) is 20.0. The first-order valence-corrected chi connectivity index (χ1v) is 10.7. The number of carbonyl (C=O) groups is 2. The number of esters is 1. The van der Waals surface area contributed by atoms with Gasteiger partial charge in [0.1, 0.15) is 0 Å². The first kappa shape index (κ1) is 21.4. The monoisotopic (exact) mass is 396 g/mol. The molecule has 0 aliphatic carbocycles. The van der Waals surface area contributed by atoms with Crippen LogP contribution >= 0.6 is 0 Å². The van der Waals surface area contributed by atoms with Crippen LogP contribution in [-0.4, -0.2) is 51.4 Å². The van der Waals surface area contributed by atoms with Gasteiger partial charge in [-0.1, -0.05) is 6.07 Å². The second-order valence-corrected chi connectivity index (χ2v) is 8.57. The van der Waals surface area contributed by atoms with Crippen molar-refractivity contribution in [1.29, 1.82) is 0 Å². The molecule has 27 heavy (non-hydrogen) atoms. The first-order valence-electron chi connectivity index (χ1n) is 9.26. The highest BCUT2D eigenvalue weighted by atomic mass is 32.2.